The lowest BCUT2D eigenvalue weighted by molar-refractivity contribution is 0.0697. The van der Waals surface area contributed by atoms with Crippen molar-refractivity contribution in [2.24, 2.45) is 0 Å². The molecule has 2 aromatic rings. The van der Waals surface area contributed by atoms with Crippen LogP contribution in [0.25, 0.3) is 11.1 Å². The first-order valence-corrected chi connectivity index (χ1v) is 4.95. The van der Waals surface area contributed by atoms with Crippen LogP contribution in [0.1, 0.15) is 20.7 Å². The predicted octanol–water partition coefficient (Wildman–Crippen LogP) is 2.26. The standard InChI is InChI=1S/C13H9NO3/c15-8-9-2-1-3-10(6-9)12-7-14-5-4-11(12)13(16)17/h1-8H,(H,16,17). The molecule has 17 heavy (non-hydrogen) atoms. The van der Waals surface area contributed by atoms with E-state index in [1.54, 1.807) is 24.3 Å². The summed E-state index contributed by atoms with van der Waals surface area (Å²) in [6.45, 7) is 0. The molecule has 0 saturated heterocycles. The SMILES string of the molecule is O=Cc1cccc(-c2cnccc2C(=O)O)c1. The molecular formula is C13H9NO3. The molecule has 1 aromatic carbocycles. The molecule has 0 bridgehead atoms. The van der Waals surface area contributed by atoms with Crippen LogP contribution in [0.2, 0.25) is 0 Å². The Kier molecular flexibility index (Phi) is 2.96. The van der Waals surface area contributed by atoms with Gasteiger partial charge in [0, 0.05) is 23.5 Å². The van der Waals surface area contributed by atoms with Gasteiger partial charge in [0.2, 0.25) is 0 Å². The predicted molar refractivity (Wildman–Crippen MR) is 62.0 cm³/mol. The first kappa shape index (κ1) is 11.0. The largest absolute Gasteiger partial charge is 0.478 e. The molecule has 0 spiro atoms. The molecule has 0 saturated carbocycles. The Morgan fingerprint density at radius 1 is 1.29 bits per heavy atom. The molecule has 0 aliphatic carbocycles. The molecule has 0 atom stereocenters. The summed E-state index contributed by atoms with van der Waals surface area (Å²) in [5.41, 5.74) is 1.84. The molecule has 0 unspecified atom stereocenters. The van der Waals surface area contributed by atoms with Crippen LogP contribution >= 0.6 is 0 Å². The first-order valence-electron chi connectivity index (χ1n) is 4.95. The molecule has 0 aliphatic heterocycles. The average molecular weight is 227 g/mol. The Bertz CT molecular complexity index is 578. The highest BCUT2D eigenvalue weighted by Crippen LogP contribution is 2.23. The number of hydrogen-bond donors (Lipinski definition) is 1. The molecule has 84 valence electrons. The minimum atomic E-state index is -1.01. The minimum absolute atomic E-state index is 0.169. The van der Waals surface area contributed by atoms with Crippen LogP contribution in [-0.2, 0) is 0 Å². The number of carboxylic acid groups (broad SMARTS) is 1. The number of hydrogen-bond acceptors (Lipinski definition) is 3. The van der Waals surface area contributed by atoms with Gasteiger partial charge in [-0.2, -0.15) is 0 Å². The number of benzene rings is 1. The summed E-state index contributed by atoms with van der Waals surface area (Å²) in [7, 11) is 0. The normalized spacial score (nSPS) is 9.88. The molecule has 4 nitrogen and oxygen atoms in total. The van der Waals surface area contributed by atoms with E-state index in [4.69, 9.17) is 5.11 Å². The van der Waals surface area contributed by atoms with E-state index in [-0.39, 0.29) is 5.56 Å². The van der Waals surface area contributed by atoms with Crippen molar-refractivity contribution in [2.45, 2.75) is 0 Å². The second-order valence-corrected chi connectivity index (χ2v) is 3.47. The molecule has 1 heterocycles. The van der Waals surface area contributed by atoms with Crippen LogP contribution < -0.4 is 0 Å². The topological polar surface area (TPSA) is 67.3 Å². The number of carbonyl (C=O) groups is 2. The van der Waals surface area contributed by atoms with Crippen molar-refractivity contribution in [3.05, 3.63) is 53.9 Å². The van der Waals surface area contributed by atoms with Gasteiger partial charge in [-0.05, 0) is 17.7 Å². The third-order valence-corrected chi connectivity index (χ3v) is 2.39. The zero-order chi connectivity index (χ0) is 12.3. The lowest BCUT2D eigenvalue weighted by atomic mass is 10.0. The molecule has 1 N–H and O–H groups in total. The third-order valence-electron chi connectivity index (χ3n) is 2.39. The maximum atomic E-state index is 11.1. The fraction of sp³-hybridized carbons (Fsp3) is 0. The van der Waals surface area contributed by atoms with Crippen molar-refractivity contribution in [3.63, 3.8) is 0 Å². The lowest BCUT2D eigenvalue weighted by Crippen LogP contribution is -2.00. The maximum Gasteiger partial charge on any atom is 0.336 e. The van der Waals surface area contributed by atoms with Crippen LogP contribution in [0.4, 0.5) is 0 Å². The third kappa shape index (κ3) is 2.20. The number of aromatic carboxylic acids is 1. The highest BCUT2D eigenvalue weighted by Gasteiger charge is 2.11. The Morgan fingerprint density at radius 2 is 2.12 bits per heavy atom. The minimum Gasteiger partial charge on any atom is -0.478 e. The summed E-state index contributed by atoms with van der Waals surface area (Å²) >= 11 is 0. The van der Waals surface area contributed by atoms with Gasteiger partial charge in [0.25, 0.3) is 0 Å². The summed E-state index contributed by atoms with van der Waals surface area (Å²) in [6.07, 6.45) is 3.63. The number of aromatic nitrogens is 1. The summed E-state index contributed by atoms with van der Waals surface area (Å²) < 4.78 is 0. The number of aldehydes is 1. The smallest absolute Gasteiger partial charge is 0.336 e. The van der Waals surface area contributed by atoms with E-state index in [9.17, 15) is 9.59 Å². The van der Waals surface area contributed by atoms with Gasteiger partial charge in [-0.15, -0.1) is 0 Å². The van der Waals surface area contributed by atoms with Gasteiger partial charge in [0.05, 0.1) is 5.56 Å². The van der Waals surface area contributed by atoms with E-state index in [1.165, 1.54) is 18.5 Å². The van der Waals surface area contributed by atoms with Crippen LogP contribution in [-0.4, -0.2) is 22.3 Å². The van der Waals surface area contributed by atoms with E-state index in [0.29, 0.717) is 16.7 Å². The molecule has 0 amide bonds. The van der Waals surface area contributed by atoms with Crippen LogP contribution in [0.15, 0.2) is 42.7 Å². The summed E-state index contributed by atoms with van der Waals surface area (Å²) in [5, 5.41) is 9.06. The van der Waals surface area contributed by atoms with E-state index >= 15 is 0 Å². The van der Waals surface area contributed by atoms with Crippen molar-refractivity contribution in [1.29, 1.82) is 0 Å². The van der Waals surface area contributed by atoms with Crippen molar-refractivity contribution < 1.29 is 14.7 Å². The molecule has 2 rings (SSSR count). The van der Waals surface area contributed by atoms with Crippen LogP contribution in [0, 0.1) is 0 Å². The number of pyridine rings is 1. The number of carbonyl (C=O) groups excluding carboxylic acids is 1. The van der Waals surface area contributed by atoms with Gasteiger partial charge in [-0.1, -0.05) is 18.2 Å². The van der Waals surface area contributed by atoms with Crippen molar-refractivity contribution in [3.8, 4) is 11.1 Å². The highest BCUT2D eigenvalue weighted by atomic mass is 16.4. The van der Waals surface area contributed by atoms with Crippen molar-refractivity contribution >= 4 is 12.3 Å². The number of nitrogens with zero attached hydrogens (tertiary/aromatic N) is 1. The van der Waals surface area contributed by atoms with Gasteiger partial charge < -0.3 is 5.11 Å². The first-order chi connectivity index (χ1) is 8.22. The summed E-state index contributed by atoms with van der Waals surface area (Å²) in [6, 6.07) is 8.18. The molecular weight excluding hydrogens is 218 g/mol. The lowest BCUT2D eigenvalue weighted by Gasteiger charge is -2.05. The fourth-order valence-electron chi connectivity index (χ4n) is 1.59. The highest BCUT2D eigenvalue weighted by molar-refractivity contribution is 5.96. The van der Waals surface area contributed by atoms with Gasteiger partial charge >= 0.3 is 5.97 Å². The van der Waals surface area contributed by atoms with E-state index in [1.807, 2.05) is 0 Å². The van der Waals surface area contributed by atoms with Crippen molar-refractivity contribution in [2.75, 3.05) is 0 Å². The molecule has 4 heteroatoms. The zero-order valence-corrected chi connectivity index (χ0v) is 8.83. The number of carboxylic acids is 1. The zero-order valence-electron chi connectivity index (χ0n) is 8.83. The van der Waals surface area contributed by atoms with E-state index in [2.05, 4.69) is 4.98 Å². The van der Waals surface area contributed by atoms with Gasteiger partial charge in [0.15, 0.2) is 0 Å². The molecule has 0 radical (unpaired) electrons. The van der Waals surface area contributed by atoms with Gasteiger partial charge in [-0.3, -0.25) is 9.78 Å². The monoisotopic (exact) mass is 227 g/mol. The Balaban J connectivity index is 2.59. The van der Waals surface area contributed by atoms with Crippen LogP contribution in [0.5, 0.6) is 0 Å². The van der Waals surface area contributed by atoms with E-state index in [0.717, 1.165) is 6.29 Å². The second kappa shape index (κ2) is 4.57. The van der Waals surface area contributed by atoms with Crippen molar-refractivity contribution in [1.82, 2.24) is 4.98 Å². The van der Waals surface area contributed by atoms with Crippen LogP contribution in [0.3, 0.4) is 0 Å². The Hall–Kier alpha value is -2.49. The quantitative estimate of drug-likeness (QED) is 0.816. The van der Waals surface area contributed by atoms with E-state index < -0.39 is 5.97 Å². The fourth-order valence-corrected chi connectivity index (χ4v) is 1.59. The second-order valence-electron chi connectivity index (χ2n) is 3.47. The average Bonchev–Trinajstić information content (AvgIpc) is 2.39. The summed E-state index contributed by atoms with van der Waals surface area (Å²) in [4.78, 5) is 25.6. The maximum absolute atomic E-state index is 11.1. The van der Waals surface area contributed by atoms with Gasteiger partial charge in [0.1, 0.15) is 6.29 Å². The Morgan fingerprint density at radius 3 is 2.82 bits per heavy atom. The molecule has 0 aliphatic rings. The van der Waals surface area contributed by atoms with Gasteiger partial charge in [-0.25, -0.2) is 4.79 Å². The molecule has 1 aromatic heterocycles. The Labute approximate surface area is 97.6 Å². The molecule has 0 fully saturated rings. The number of rotatable bonds is 3. The summed E-state index contributed by atoms with van der Waals surface area (Å²) in [5.74, 6) is -1.01.